The van der Waals surface area contributed by atoms with Crippen molar-refractivity contribution in [2.45, 2.75) is 13.8 Å². The zero-order valence-corrected chi connectivity index (χ0v) is 13.8. The molecular weight excluding hydrogens is 296 g/mol. The van der Waals surface area contributed by atoms with Gasteiger partial charge in [0.1, 0.15) is 11.5 Å². The topological polar surface area (TPSA) is 18.8 Å². The maximum atomic E-state index is 14.3. The van der Waals surface area contributed by atoms with E-state index in [0.29, 0.717) is 17.1 Å². The van der Waals surface area contributed by atoms with Gasteiger partial charge in [-0.1, -0.05) is 6.07 Å². The zero-order chi connectivity index (χ0) is 17.0. The third-order valence-corrected chi connectivity index (χ3v) is 3.71. The van der Waals surface area contributed by atoms with Gasteiger partial charge in [-0.2, -0.15) is 0 Å². The molecule has 2 rings (SSSR count). The van der Waals surface area contributed by atoms with E-state index in [0.717, 1.165) is 12.1 Å². The molecule has 5 heteroatoms. The smallest absolute Gasteiger partial charge is 0.150 e. The maximum absolute atomic E-state index is 14.3. The van der Waals surface area contributed by atoms with Crippen molar-refractivity contribution in [1.82, 2.24) is 4.90 Å². The molecule has 0 N–H and O–H groups in total. The summed E-state index contributed by atoms with van der Waals surface area (Å²) in [5.41, 5.74) is 2.49. The number of hydrogen-bond donors (Lipinski definition) is 0. The van der Waals surface area contributed by atoms with Crippen molar-refractivity contribution in [3.63, 3.8) is 0 Å². The molecule has 0 bridgehead atoms. The van der Waals surface area contributed by atoms with Crippen LogP contribution in [0, 0.1) is 18.6 Å². The molecule has 0 unspecified atom stereocenters. The Labute approximate surface area is 135 Å². The van der Waals surface area contributed by atoms with E-state index in [1.807, 2.05) is 25.8 Å². The first kappa shape index (κ1) is 16.9. The molecule has 0 aliphatic rings. The second-order valence-corrected chi connectivity index (χ2v) is 5.45. The van der Waals surface area contributed by atoms with Crippen LogP contribution in [0.25, 0.3) is 0 Å². The number of aryl methyl sites for hydroxylation is 1. The van der Waals surface area contributed by atoms with Gasteiger partial charge in [-0.15, -0.1) is 0 Å². The Bertz CT molecular complexity index is 713. The van der Waals surface area contributed by atoms with E-state index in [-0.39, 0.29) is 5.82 Å². The highest BCUT2D eigenvalue weighted by atomic mass is 19.1. The van der Waals surface area contributed by atoms with Crippen molar-refractivity contribution in [3.8, 4) is 0 Å². The van der Waals surface area contributed by atoms with Gasteiger partial charge in [0.2, 0.25) is 0 Å². The van der Waals surface area contributed by atoms with Crippen LogP contribution in [-0.2, 0) is 0 Å². The lowest BCUT2D eigenvalue weighted by Crippen LogP contribution is -2.14. The van der Waals surface area contributed by atoms with Crippen molar-refractivity contribution >= 4 is 23.4 Å². The van der Waals surface area contributed by atoms with Gasteiger partial charge >= 0.3 is 0 Å². The summed E-state index contributed by atoms with van der Waals surface area (Å²) in [7, 11) is 3.66. The van der Waals surface area contributed by atoms with E-state index < -0.39 is 5.82 Å². The predicted octanol–water partition coefficient (Wildman–Crippen LogP) is 4.65. The Hall–Kier alpha value is -2.43. The molecule has 122 valence electrons. The third-order valence-electron chi connectivity index (χ3n) is 3.71. The van der Waals surface area contributed by atoms with Gasteiger partial charge in [0.25, 0.3) is 0 Å². The quantitative estimate of drug-likeness (QED) is 0.590. The Morgan fingerprint density at radius 2 is 1.87 bits per heavy atom. The second kappa shape index (κ2) is 7.22. The second-order valence-electron chi connectivity index (χ2n) is 5.45. The average Bonchev–Trinajstić information content (AvgIpc) is 2.54. The minimum atomic E-state index is -0.408. The standard InChI is InChI=1S/C18H21F2N3/c1-5-22(3)12-21-17-9-13(2)18(11-16(17)20)23(4)15-8-6-7-14(19)10-15/h6-12H,5H2,1-4H3/b21-12+. The Morgan fingerprint density at radius 3 is 2.52 bits per heavy atom. The monoisotopic (exact) mass is 317 g/mol. The SMILES string of the molecule is CCN(C)/C=N/c1cc(C)c(N(C)c2cccc(F)c2)cc1F. The lowest BCUT2D eigenvalue weighted by Gasteiger charge is -2.22. The van der Waals surface area contributed by atoms with Crippen LogP contribution in [0.15, 0.2) is 41.4 Å². The normalized spacial score (nSPS) is 11.0. The molecule has 3 nitrogen and oxygen atoms in total. The molecule has 0 aromatic heterocycles. The highest BCUT2D eigenvalue weighted by molar-refractivity contribution is 5.70. The summed E-state index contributed by atoms with van der Waals surface area (Å²) in [6, 6.07) is 9.33. The van der Waals surface area contributed by atoms with E-state index in [9.17, 15) is 8.78 Å². The largest absolute Gasteiger partial charge is 0.366 e. The van der Waals surface area contributed by atoms with Crippen molar-refractivity contribution in [2.75, 3.05) is 25.5 Å². The fourth-order valence-corrected chi connectivity index (χ4v) is 2.18. The van der Waals surface area contributed by atoms with Gasteiger partial charge in [0.05, 0.1) is 6.34 Å². The van der Waals surface area contributed by atoms with Gasteiger partial charge in [0.15, 0.2) is 5.82 Å². The highest BCUT2D eigenvalue weighted by Gasteiger charge is 2.12. The van der Waals surface area contributed by atoms with Crippen LogP contribution in [0.2, 0.25) is 0 Å². The first-order chi connectivity index (χ1) is 10.9. The highest BCUT2D eigenvalue weighted by Crippen LogP contribution is 2.32. The van der Waals surface area contributed by atoms with Gasteiger partial charge in [-0.25, -0.2) is 13.8 Å². The minimum absolute atomic E-state index is 0.291. The minimum Gasteiger partial charge on any atom is -0.366 e. The van der Waals surface area contributed by atoms with E-state index in [4.69, 9.17) is 0 Å². The molecule has 0 fully saturated rings. The predicted molar refractivity (Wildman–Crippen MR) is 92.1 cm³/mol. The van der Waals surface area contributed by atoms with Crippen molar-refractivity contribution in [2.24, 2.45) is 4.99 Å². The van der Waals surface area contributed by atoms with Crippen LogP contribution in [0.1, 0.15) is 12.5 Å². The summed E-state index contributed by atoms with van der Waals surface area (Å²) < 4.78 is 27.7. The first-order valence-corrected chi connectivity index (χ1v) is 7.46. The molecule has 2 aromatic carbocycles. The van der Waals surface area contributed by atoms with E-state index in [2.05, 4.69) is 4.99 Å². The van der Waals surface area contributed by atoms with Crippen molar-refractivity contribution in [1.29, 1.82) is 0 Å². The molecule has 0 saturated carbocycles. The van der Waals surface area contributed by atoms with Crippen LogP contribution in [0.5, 0.6) is 0 Å². The number of rotatable bonds is 5. The summed E-state index contributed by atoms with van der Waals surface area (Å²) in [5.74, 6) is -0.731. The van der Waals surface area contributed by atoms with Crippen LogP contribution < -0.4 is 4.90 Å². The molecule has 23 heavy (non-hydrogen) atoms. The molecule has 0 radical (unpaired) electrons. The summed E-state index contributed by atoms with van der Waals surface area (Å²) in [5, 5.41) is 0. The summed E-state index contributed by atoms with van der Waals surface area (Å²) in [6.07, 6.45) is 1.60. The Morgan fingerprint density at radius 1 is 1.13 bits per heavy atom. The van der Waals surface area contributed by atoms with Gasteiger partial charge in [-0.05, 0) is 43.7 Å². The Kier molecular flexibility index (Phi) is 5.32. The average molecular weight is 317 g/mol. The molecule has 0 atom stereocenters. The lowest BCUT2D eigenvalue weighted by atomic mass is 10.1. The molecule has 0 aliphatic heterocycles. The van der Waals surface area contributed by atoms with E-state index in [1.165, 1.54) is 18.2 Å². The molecular formula is C18H21F2N3. The first-order valence-electron chi connectivity index (χ1n) is 7.46. The van der Waals surface area contributed by atoms with Crippen LogP contribution in [0.4, 0.5) is 25.8 Å². The molecule has 0 amide bonds. The summed E-state index contributed by atoms with van der Waals surface area (Å²) >= 11 is 0. The van der Waals surface area contributed by atoms with Crippen LogP contribution >= 0.6 is 0 Å². The van der Waals surface area contributed by atoms with Crippen LogP contribution in [0.3, 0.4) is 0 Å². The molecule has 0 heterocycles. The van der Waals surface area contributed by atoms with Gasteiger partial charge in [0, 0.05) is 38.1 Å². The number of benzene rings is 2. The summed E-state index contributed by atoms with van der Waals surface area (Å²) in [4.78, 5) is 7.79. The zero-order valence-electron chi connectivity index (χ0n) is 13.8. The van der Waals surface area contributed by atoms with Crippen molar-refractivity contribution in [3.05, 3.63) is 53.6 Å². The van der Waals surface area contributed by atoms with E-state index >= 15 is 0 Å². The molecule has 0 spiro atoms. The van der Waals surface area contributed by atoms with Gasteiger partial charge in [-0.3, -0.25) is 0 Å². The number of anilines is 2. The van der Waals surface area contributed by atoms with Gasteiger partial charge < -0.3 is 9.80 Å². The van der Waals surface area contributed by atoms with Crippen molar-refractivity contribution < 1.29 is 8.78 Å². The molecule has 0 aliphatic carbocycles. The van der Waals surface area contributed by atoms with E-state index in [1.54, 1.807) is 36.5 Å². The third kappa shape index (κ3) is 4.06. The fraction of sp³-hybridized carbons (Fsp3) is 0.278. The Balaban J connectivity index is 2.34. The maximum Gasteiger partial charge on any atom is 0.150 e. The number of aliphatic imine (C=N–C) groups is 1. The summed E-state index contributed by atoms with van der Waals surface area (Å²) in [6.45, 7) is 4.67. The number of hydrogen-bond acceptors (Lipinski definition) is 2. The number of nitrogens with zero attached hydrogens (tertiary/aromatic N) is 3. The molecule has 0 saturated heterocycles. The van der Waals surface area contributed by atoms with Crippen LogP contribution in [-0.4, -0.2) is 31.9 Å². The fourth-order valence-electron chi connectivity index (χ4n) is 2.18. The lowest BCUT2D eigenvalue weighted by molar-refractivity contribution is 0.551. The number of halogens is 2. The molecule has 2 aromatic rings.